The number of ether oxygens (including phenoxy) is 2. The first-order chi connectivity index (χ1) is 10.5. The number of hydrogen-bond donors (Lipinski definition) is 2. The molecule has 0 bridgehead atoms. The van der Waals surface area contributed by atoms with Gasteiger partial charge in [-0.2, -0.15) is 0 Å². The van der Waals surface area contributed by atoms with E-state index in [-0.39, 0.29) is 12.0 Å². The fourth-order valence-electron chi connectivity index (χ4n) is 2.18. The van der Waals surface area contributed by atoms with Crippen molar-refractivity contribution in [3.05, 3.63) is 29.3 Å². The number of aliphatic carboxylic acids is 1. The van der Waals surface area contributed by atoms with E-state index in [1.54, 1.807) is 24.3 Å². The molecule has 2 rings (SSSR count). The fraction of sp³-hybridized carbons (Fsp3) is 0.467. The van der Waals surface area contributed by atoms with E-state index in [1.807, 2.05) is 6.92 Å². The van der Waals surface area contributed by atoms with Crippen molar-refractivity contribution in [1.29, 1.82) is 0 Å². The van der Waals surface area contributed by atoms with Gasteiger partial charge in [0.2, 0.25) is 5.91 Å². The van der Waals surface area contributed by atoms with Gasteiger partial charge in [0.1, 0.15) is 18.0 Å². The minimum Gasteiger partial charge on any atom is -0.489 e. The average Bonchev–Trinajstić information content (AvgIpc) is 2.95. The lowest BCUT2D eigenvalue weighted by atomic mass is 10.2. The number of nitrogens with one attached hydrogen (secondary N) is 1. The number of amides is 1. The molecule has 1 amide bonds. The van der Waals surface area contributed by atoms with Crippen LogP contribution in [0.2, 0.25) is 5.02 Å². The Morgan fingerprint density at radius 3 is 2.82 bits per heavy atom. The van der Waals surface area contributed by atoms with Crippen LogP contribution in [0.25, 0.3) is 0 Å². The van der Waals surface area contributed by atoms with E-state index in [4.69, 9.17) is 26.2 Å². The first kappa shape index (κ1) is 16.6. The van der Waals surface area contributed by atoms with Gasteiger partial charge in [-0.25, -0.2) is 4.79 Å². The van der Waals surface area contributed by atoms with Crippen molar-refractivity contribution in [1.82, 2.24) is 5.32 Å². The molecule has 1 aliphatic heterocycles. The summed E-state index contributed by atoms with van der Waals surface area (Å²) in [5.74, 6) is -0.726. The molecule has 1 unspecified atom stereocenters. The normalized spacial score (nSPS) is 22.1. The van der Waals surface area contributed by atoms with Crippen LogP contribution < -0.4 is 10.1 Å². The summed E-state index contributed by atoms with van der Waals surface area (Å²) in [6.45, 7) is 2.11. The molecule has 120 valence electrons. The highest BCUT2D eigenvalue weighted by atomic mass is 35.5. The summed E-state index contributed by atoms with van der Waals surface area (Å²) in [7, 11) is 0. The van der Waals surface area contributed by atoms with Crippen molar-refractivity contribution >= 4 is 23.5 Å². The SMILES string of the molecule is CC(CNC(=O)[C@@H]1CC[C@H](C(=O)O)O1)Oc1cccc(Cl)c1. The third-order valence-corrected chi connectivity index (χ3v) is 3.52. The van der Waals surface area contributed by atoms with Crippen LogP contribution in [0, 0.1) is 0 Å². The van der Waals surface area contributed by atoms with E-state index in [0.717, 1.165) is 0 Å². The molecule has 0 radical (unpaired) electrons. The Morgan fingerprint density at radius 2 is 2.18 bits per heavy atom. The Hall–Kier alpha value is -1.79. The van der Waals surface area contributed by atoms with E-state index in [9.17, 15) is 9.59 Å². The predicted molar refractivity (Wildman–Crippen MR) is 80.1 cm³/mol. The summed E-state index contributed by atoms with van der Waals surface area (Å²) in [4.78, 5) is 22.7. The summed E-state index contributed by atoms with van der Waals surface area (Å²) in [6, 6.07) is 7.00. The second kappa shape index (κ2) is 7.47. The smallest absolute Gasteiger partial charge is 0.332 e. The van der Waals surface area contributed by atoms with Gasteiger partial charge >= 0.3 is 5.97 Å². The first-order valence-electron chi connectivity index (χ1n) is 7.04. The molecule has 1 fully saturated rings. The molecule has 1 aliphatic rings. The molecule has 2 N–H and O–H groups in total. The number of hydrogen-bond acceptors (Lipinski definition) is 4. The predicted octanol–water partition coefficient (Wildman–Crippen LogP) is 1.86. The number of benzene rings is 1. The van der Waals surface area contributed by atoms with Gasteiger partial charge in [-0.15, -0.1) is 0 Å². The summed E-state index contributed by atoms with van der Waals surface area (Å²) in [5.41, 5.74) is 0. The van der Waals surface area contributed by atoms with Crippen molar-refractivity contribution in [3.63, 3.8) is 0 Å². The minimum absolute atomic E-state index is 0.251. The molecule has 7 heteroatoms. The lowest BCUT2D eigenvalue weighted by molar-refractivity contribution is -0.151. The second-order valence-electron chi connectivity index (χ2n) is 5.16. The molecular formula is C15H18ClNO5. The molecule has 1 saturated heterocycles. The van der Waals surface area contributed by atoms with Crippen molar-refractivity contribution in [3.8, 4) is 5.75 Å². The Bertz CT molecular complexity index is 550. The largest absolute Gasteiger partial charge is 0.489 e. The highest BCUT2D eigenvalue weighted by Gasteiger charge is 2.34. The molecule has 1 aromatic rings. The van der Waals surface area contributed by atoms with E-state index >= 15 is 0 Å². The van der Waals surface area contributed by atoms with E-state index < -0.39 is 18.2 Å². The Balaban J connectivity index is 1.75. The van der Waals surface area contributed by atoms with E-state index in [0.29, 0.717) is 30.2 Å². The number of rotatable bonds is 6. The van der Waals surface area contributed by atoms with E-state index in [1.165, 1.54) is 0 Å². The maximum atomic E-state index is 11.9. The molecule has 0 spiro atoms. The average molecular weight is 328 g/mol. The molecular weight excluding hydrogens is 310 g/mol. The lowest BCUT2D eigenvalue weighted by Gasteiger charge is -2.17. The van der Waals surface area contributed by atoms with Crippen molar-refractivity contribution in [2.75, 3.05) is 6.54 Å². The number of carboxylic acids is 1. The van der Waals surface area contributed by atoms with Gasteiger partial charge in [0.25, 0.3) is 0 Å². The number of halogens is 1. The van der Waals surface area contributed by atoms with Crippen LogP contribution in [0.4, 0.5) is 0 Å². The summed E-state index contributed by atoms with van der Waals surface area (Å²) < 4.78 is 10.8. The monoisotopic (exact) mass is 327 g/mol. The van der Waals surface area contributed by atoms with Gasteiger partial charge < -0.3 is 19.9 Å². The quantitative estimate of drug-likeness (QED) is 0.833. The highest BCUT2D eigenvalue weighted by Crippen LogP contribution is 2.20. The van der Waals surface area contributed by atoms with Crippen LogP contribution in [0.3, 0.4) is 0 Å². The van der Waals surface area contributed by atoms with Crippen LogP contribution in [-0.2, 0) is 14.3 Å². The molecule has 22 heavy (non-hydrogen) atoms. The second-order valence-corrected chi connectivity index (χ2v) is 5.60. The molecule has 6 nitrogen and oxygen atoms in total. The topological polar surface area (TPSA) is 84.9 Å². The van der Waals surface area contributed by atoms with Gasteiger partial charge in [0, 0.05) is 5.02 Å². The van der Waals surface area contributed by atoms with Crippen LogP contribution in [0.1, 0.15) is 19.8 Å². The third-order valence-electron chi connectivity index (χ3n) is 3.28. The minimum atomic E-state index is -1.03. The zero-order valence-corrected chi connectivity index (χ0v) is 12.9. The van der Waals surface area contributed by atoms with Gasteiger partial charge in [-0.1, -0.05) is 17.7 Å². The van der Waals surface area contributed by atoms with Crippen LogP contribution >= 0.6 is 11.6 Å². The number of carboxylic acid groups (broad SMARTS) is 1. The fourth-order valence-corrected chi connectivity index (χ4v) is 2.36. The van der Waals surface area contributed by atoms with Gasteiger partial charge in [-0.05, 0) is 38.0 Å². The highest BCUT2D eigenvalue weighted by molar-refractivity contribution is 6.30. The molecule has 1 aromatic carbocycles. The zero-order valence-electron chi connectivity index (χ0n) is 12.1. The molecule has 1 heterocycles. The van der Waals surface area contributed by atoms with Gasteiger partial charge in [0.05, 0.1) is 6.54 Å². The maximum absolute atomic E-state index is 11.9. The zero-order chi connectivity index (χ0) is 16.1. The standard InChI is InChI=1S/C15H18ClNO5/c1-9(21-11-4-2-3-10(16)7-11)8-17-14(18)12-5-6-13(22-12)15(19)20/h2-4,7,9,12-13H,5-6,8H2,1H3,(H,17,18)(H,19,20)/t9?,12-,13+/m0/s1. The van der Waals surface area contributed by atoms with Gasteiger partial charge in [0.15, 0.2) is 6.10 Å². The van der Waals surface area contributed by atoms with Crippen LogP contribution in [0.15, 0.2) is 24.3 Å². The lowest BCUT2D eigenvalue weighted by Crippen LogP contribution is -2.40. The van der Waals surface area contributed by atoms with Crippen molar-refractivity contribution in [2.24, 2.45) is 0 Å². The Labute approximate surface area is 133 Å². The maximum Gasteiger partial charge on any atom is 0.332 e. The summed E-state index contributed by atoms with van der Waals surface area (Å²) >= 11 is 5.87. The molecule has 0 aromatic heterocycles. The number of carbonyl (C=O) groups is 2. The molecule has 0 aliphatic carbocycles. The number of carbonyl (C=O) groups excluding carboxylic acids is 1. The molecule has 0 saturated carbocycles. The van der Waals surface area contributed by atoms with E-state index in [2.05, 4.69) is 5.32 Å². The summed E-state index contributed by atoms with van der Waals surface area (Å²) in [6.07, 6.45) is -1.09. The van der Waals surface area contributed by atoms with Gasteiger partial charge in [-0.3, -0.25) is 4.79 Å². The molecule has 3 atom stereocenters. The van der Waals surface area contributed by atoms with Crippen molar-refractivity contribution < 1.29 is 24.2 Å². The van der Waals surface area contributed by atoms with Crippen molar-refractivity contribution in [2.45, 2.75) is 38.1 Å². The third kappa shape index (κ3) is 4.61. The Kier molecular flexibility index (Phi) is 5.63. The first-order valence-corrected chi connectivity index (χ1v) is 7.41. The van der Waals surface area contributed by atoms with Crippen LogP contribution in [-0.4, -0.2) is 41.8 Å². The summed E-state index contributed by atoms with van der Waals surface area (Å²) in [5, 5.41) is 12.1. The Morgan fingerprint density at radius 1 is 1.45 bits per heavy atom. The van der Waals surface area contributed by atoms with Crippen LogP contribution in [0.5, 0.6) is 5.75 Å².